The maximum atomic E-state index is 11.9. The molecule has 0 bridgehead atoms. The van der Waals surface area contributed by atoms with Gasteiger partial charge in [0.25, 0.3) is 0 Å². The predicted molar refractivity (Wildman–Crippen MR) is 85.6 cm³/mol. The fourth-order valence-corrected chi connectivity index (χ4v) is 2.57. The Kier molecular flexibility index (Phi) is 3.62. The number of hydrogen-bond donors (Lipinski definition) is 3. The maximum Gasteiger partial charge on any atom is 0.323 e. The molecule has 3 amide bonds. The Hall–Kier alpha value is -2.34. The first kappa shape index (κ1) is 13.6. The standard InChI is InChI=1S/C15H12BrN3O2/c16-10-2-1-3-11(8-10)17-15(21)18-12-4-5-13-9(6-12)7-14(20)19-13/h1-6,8H,7H2,(H,19,20)(H2,17,18,21). The number of fused-ring (bicyclic) bond motifs is 1. The van der Waals surface area contributed by atoms with E-state index in [9.17, 15) is 9.59 Å². The summed E-state index contributed by atoms with van der Waals surface area (Å²) in [5, 5.41) is 8.25. The van der Waals surface area contributed by atoms with E-state index in [2.05, 4.69) is 31.9 Å². The molecule has 3 N–H and O–H groups in total. The van der Waals surface area contributed by atoms with Gasteiger partial charge in [0.2, 0.25) is 5.91 Å². The summed E-state index contributed by atoms with van der Waals surface area (Å²) in [6.07, 6.45) is 0.345. The normalized spacial score (nSPS) is 12.5. The Morgan fingerprint density at radius 1 is 1.10 bits per heavy atom. The van der Waals surface area contributed by atoms with Gasteiger partial charge < -0.3 is 16.0 Å². The van der Waals surface area contributed by atoms with Crippen molar-refractivity contribution in [2.24, 2.45) is 0 Å². The van der Waals surface area contributed by atoms with Crippen molar-refractivity contribution in [1.29, 1.82) is 0 Å². The fraction of sp³-hybridized carbons (Fsp3) is 0.0667. The van der Waals surface area contributed by atoms with Gasteiger partial charge in [0, 0.05) is 21.5 Å². The number of urea groups is 1. The highest BCUT2D eigenvalue weighted by molar-refractivity contribution is 9.10. The van der Waals surface area contributed by atoms with E-state index in [0.717, 1.165) is 15.7 Å². The quantitative estimate of drug-likeness (QED) is 0.778. The van der Waals surface area contributed by atoms with Crippen molar-refractivity contribution in [2.75, 3.05) is 16.0 Å². The predicted octanol–water partition coefficient (Wildman–Crippen LogP) is 3.59. The van der Waals surface area contributed by atoms with Crippen LogP contribution >= 0.6 is 15.9 Å². The van der Waals surface area contributed by atoms with Gasteiger partial charge in [0.05, 0.1) is 6.42 Å². The minimum absolute atomic E-state index is 0.0271. The van der Waals surface area contributed by atoms with Crippen molar-refractivity contribution in [3.05, 3.63) is 52.5 Å². The highest BCUT2D eigenvalue weighted by Crippen LogP contribution is 2.26. The molecule has 0 saturated heterocycles. The summed E-state index contributed by atoms with van der Waals surface area (Å²) < 4.78 is 0.891. The molecule has 21 heavy (non-hydrogen) atoms. The molecule has 5 nitrogen and oxygen atoms in total. The van der Waals surface area contributed by atoms with E-state index in [4.69, 9.17) is 0 Å². The first-order valence-electron chi connectivity index (χ1n) is 6.36. The van der Waals surface area contributed by atoms with Crippen LogP contribution in [0.2, 0.25) is 0 Å². The number of rotatable bonds is 2. The van der Waals surface area contributed by atoms with E-state index in [1.54, 1.807) is 24.3 Å². The number of nitrogens with one attached hydrogen (secondary N) is 3. The van der Waals surface area contributed by atoms with Gasteiger partial charge in [-0.1, -0.05) is 22.0 Å². The van der Waals surface area contributed by atoms with Gasteiger partial charge in [-0.05, 0) is 42.0 Å². The van der Waals surface area contributed by atoms with Crippen LogP contribution in [0.25, 0.3) is 0 Å². The Balaban J connectivity index is 1.68. The highest BCUT2D eigenvalue weighted by Gasteiger charge is 2.17. The molecule has 1 aliphatic rings. The molecule has 106 valence electrons. The van der Waals surface area contributed by atoms with Crippen molar-refractivity contribution < 1.29 is 9.59 Å². The minimum atomic E-state index is -0.328. The second-order valence-corrected chi connectivity index (χ2v) is 5.60. The van der Waals surface area contributed by atoms with Crippen molar-refractivity contribution in [3.63, 3.8) is 0 Å². The van der Waals surface area contributed by atoms with Gasteiger partial charge in [-0.2, -0.15) is 0 Å². The summed E-state index contributed by atoms with van der Waals surface area (Å²) >= 11 is 3.35. The Bertz CT molecular complexity index is 731. The molecule has 2 aromatic rings. The summed E-state index contributed by atoms with van der Waals surface area (Å²) in [6.45, 7) is 0. The molecule has 2 aromatic carbocycles. The van der Waals surface area contributed by atoms with E-state index in [-0.39, 0.29) is 11.9 Å². The third-order valence-corrected chi connectivity index (χ3v) is 3.56. The lowest BCUT2D eigenvalue weighted by atomic mass is 10.1. The molecule has 0 atom stereocenters. The molecule has 6 heteroatoms. The number of benzene rings is 2. The van der Waals surface area contributed by atoms with E-state index in [1.165, 1.54) is 0 Å². The summed E-state index contributed by atoms with van der Waals surface area (Å²) in [4.78, 5) is 23.2. The highest BCUT2D eigenvalue weighted by atomic mass is 79.9. The van der Waals surface area contributed by atoms with Crippen molar-refractivity contribution >= 4 is 44.9 Å². The number of amides is 3. The molecule has 0 aliphatic carbocycles. The van der Waals surface area contributed by atoms with Crippen molar-refractivity contribution in [2.45, 2.75) is 6.42 Å². The second kappa shape index (κ2) is 5.57. The molecule has 1 heterocycles. The first-order valence-corrected chi connectivity index (χ1v) is 7.16. The third-order valence-electron chi connectivity index (χ3n) is 3.07. The number of halogens is 1. The molecular weight excluding hydrogens is 334 g/mol. The Labute approximate surface area is 129 Å². The van der Waals surface area contributed by atoms with Gasteiger partial charge in [0.1, 0.15) is 0 Å². The molecule has 0 unspecified atom stereocenters. The average molecular weight is 346 g/mol. The van der Waals surface area contributed by atoms with Crippen molar-refractivity contribution in [1.82, 2.24) is 0 Å². The zero-order valence-electron chi connectivity index (χ0n) is 10.9. The molecule has 0 spiro atoms. The van der Waals surface area contributed by atoms with Crippen LogP contribution in [0.1, 0.15) is 5.56 Å². The largest absolute Gasteiger partial charge is 0.326 e. The maximum absolute atomic E-state index is 11.9. The Morgan fingerprint density at radius 2 is 1.86 bits per heavy atom. The van der Waals surface area contributed by atoms with E-state index < -0.39 is 0 Å². The van der Waals surface area contributed by atoms with Gasteiger partial charge in [-0.15, -0.1) is 0 Å². The van der Waals surface area contributed by atoms with Crippen LogP contribution in [0.15, 0.2) is 46.9 Å². The summed E-state index contributed by atoms with van der Waals surface area (Å²) in [5.41, 5.74) is 3.04. The van der Waals surface area contributed by atoms with E-state index >= 15 is 0 Å². The topological polar surface area (TPSA) is 70.2 Å². The van der Waals surface area contributed by atoms with Gasteiger partial charge in [-0.3, -0.25) is 4.79 Å². The lowest BCUT2D eigenvalue weighted by Gasteiger charge is -2.09. The van der Waals surface area contributed by atoms with Crippen LogP contribution in [0.3, 0.4) is 0 Å². The molecule has 0 radical (unpaired) electrons. The zero-order chi connectivity index (χ0) is 14.8. The lowest BCUT2D eigenvalue weighted by Crippen LogP contribution is -2.19. The van der Waals surface area contributed by atoms with Gasteiger partial charge in [0.15, 0.2) is 0 Å². The Morgan fingerprint density at radius 3 is 2.62 bits per heavy atom. The average Bonchev–Trinajstić information content (AvgIpc) is 2.78. The monoisotopic (exact) mass is 345 g/mol. The summed E-state index contributed by atoms with van der Waals surface area (Å²) in [7, 11) is 0. The zero-order valence-corrected chi connectivity index (χ0v) is 12.5. The molecule has 1 aliphatic heterocycles. The van der Waals surface area contributed by atoms with Gasteiger partial charge in [-0.25, -0.2) is 4.79 Å². The minimum Gasteiger partial charge on any atom is -0.326 e. The van der Waals surface area contributed by atoms with Crippen LogP contribution in [0.4, 0.5) is 21.9 Å². The number of anilines is 3. The molecule has 0 fully saturated rings. The van der Waals surface area contributed by atoms with Gasteiger partial charge >= 0.3 is 6.03 Å². The second-order valence-electron chi connectivity index (χ2n) is 4.69. The fourth-order valence-electron chi connectivity index (χ4n) is 2.17. The molecule has 3 rings (SSSR count). The van der Waals surface area contributed by atoms with Crippen LogP contribution < -0.4 is 16.0 Å². The molecule has 0 aromatic heterocycles. The van der Waals surface area contributed by atoms with Crippen LogP contribution in [-0.4, -0.2) is 11.9 Å². The SMILES string of the molecule is O=C1Cc2cc(NC(=O)Nc3cccc(Br)c3)ccc2N1. The molecule has 0 saturated carbocycles. The smallest absolute Gasteiger partial charge is 0.323 e. The third kappa shape index (κ3) is 3.22. The lowest BCUT2D eigenvalue weighted by molar-refractivity contribution is -0.115. The summed E-state index contributed by atoms with van der Waals surface area (Å²) in [5.74, 6) is -0.0271. The van der Waals surface area contributed by atoms with Crippen LogP contribution in [0.5, 0.6) is 0 Å². The van der Waals surface area contributed by atoms with E-state index in [1.807, 2.05) is 18.2 Å². The van der Waals surface area contributed by atoms with E-state index in [0.29, 0.717) is 17.8 Å². The van der Waals surface area contributed by atoms with Crippen molar-refractivity contribution in [3.8, 4) is 0 Å². The van der Waals surface area contributed by atoms with Crippen LogP contribution in [-0.2, 0) is 11.2 Å². The number of hydrogen-bond acceptors (Lipinski definition) is 2. The number of carbonyl (C=O) groups is 2. The first-order chi connectivity index (χ1) is 10.1. The van der Waals surface area contributed by atoms with Crippen LogP contribution in [0, 0.1) is 0 Å². The number of carbonyl (C=O) groups excluding carboxylic acids is 2. The summed E-state index contributed by atoms with van der Waals surface area (Å²) in [6, 6.07) is 12.3. The molecular formula is C15H12BrN3O2.